The Labute approximate surface area is 200 Å². The Morgan fingerprint density at radius 3 is 2.76 bits per heavy atom. The van der Waals surface area contributed by atoms with Crippen LogP contribution in [0, 0.1) is 6.92 Å². The van der Waals surface area contributed by atoms with Gasteiger partial charge in [0.15, 0.2) is 5.82 Å². The summed E-state index contributed by atoms with van der Waals surface area (Å²) >= 11 is 1.59. The number of carboxylic acids is 1. The number of nitrogen functional groups attached to an aromatic ring is 1. The molecule has 3 aromatic heterocycles. The fourth-order valence-corrected chi connectivity index (χ4v) is 5.49. The molecule has 0 amide bonds. The third kappa shape index (κ3) is 4.42. The lowest BCUT2D eigenvalue weighted by atomic mass is 10.1. The standard InChI is InChI=1S/C23H28N6O4S/c1-13-6-14-8-18(34-22(14)17(7-13)33-3)20-15(11-32-2)16(9-28(5-4-24)10-19(30)31)29-21(20)23(25)26-12-27-29/h6-8,12H,4-5,9-11,24H2,1-3H3,(H,30,31)(H2,25,26,27). The summed E-state index contributed by atoms with van der Waals surface area (Å²) in [6.45, 7) is 3.24. The van der Waals surface area contributed by atoms with E-state index in [9.17, 15) is 9.90 Å². The number of thiophene rings is 1. The van der Waals surface area contributed by atoms with Gasteiger partial charge in [0.2, 0.25) is 0 Å². The minimum atomic E-state index is -0.927. The van der Waals surface area contributed by atoms with Crippen LogP contribution in [0.3, 0.4) is 0 Å². The van der Waals surface area contributed by atoms with E-state index in [0.717, 1.165) is 43.1 Å². The van der Waals surface area contributed by atoms with Gasteiger partial charge in [-0.15, -0.1) is 11.3 Å². The van der Waals surface area contributed by atoms with E-state index in [1.165, 1.54) is 6.33 Å². The second-order valence-corrected chi connectivity index (χ2v) is 9.08. The van der Waals surface area contributed by atoms with Crippen molar-refractivity contribution in [3.63, 3.8) is 0 Å². The van der Waals surface area contributed by atoms with Gasteiger partial charge in [0, 0.05) is 42.7 Å². The van der Waals surface area contributed by atoms with Crippen molar-refractivity contribution >= 4 is 38.7 Å². The molecule has 0 saturated carbocycles. The second-order valence-electron chi connectivity index (χ2n) is 8.03. The quantitative estimate of drug-likeness (QED) is 0.309. The molecule has 4 rings (SSSR count). The first-order valence-corrected chi connectivity index (χ1v) is 11.5. The molecule has 0 spiro atoms. The van der Waals surface area contributed by atoms with Gasteiger partial charge in [-0.1, -0.05) is 6.07 Å². The van der Waals surface area contributed by atoms with Crippen molar-refractivity contribution in [2.24, 2.45) is 5.73 Å². The van der Waals surface area contributed by atoms with Crippen molar-refractivity contribution in [3.05, 3.63) is 41.3 Å². The molecule has 0 fully saturated rings. The number of benzene rings is 1. The minimum Gasteiger partial charge on any atom is -0.495 e. The molecule has 0 aliphatic heterocycles. The summed E-state index contributed by atoms with van der Waals surface area (Å²) in [6, 6.07) is 6.23. The van der Waals surface area contributed by atoms with Crippen LogP contribution in [0.25, 0.3) is 26.0 Å². The third-order valence-electron chi connectivity index (χ3n) is 5.62. The van der Waals surface area contributed by atoms with E-state index in [4.69, 9.17) is 20.9 Å². The van der Waals surface area contributed by atoms with Gasteiger partial charge in [0.05, 0.1) is 30.7 Å². The smallest absolute Gasteiger partial charge is 0.317 e. The number of anilines is 1. The van der Waals surface area contributed by atoms with E-state index < -0.39 is 5.97 Å². The summed E-state index contributed by atoms with van der Waals surface area (Å²) in [7, 11) is 3.29. The molecule has 0 saturated heterocycles. The van der Waals surface area contributed by atoms with Gasteiger partial charge in [0.1, 0.15) is 17.6 Å². The number of aromatic nitrogens is 3. The molecule has 5 N–H and O–H groups in total. The number of fused-ring (bicyclic) bond motifs is 2. The van der Waals surface area contributed by atoms with Crippen LogP contribution in [0.5, 0.6) is 5.75 Å². The molecule has 34 heavy (non-hydrogen) atoms. The Morgan fingerprint density at radius 2 is 2.09 bits per heavy atom. The third-order valence-corrected chi connectivity index (χ3v) is 6.80. The van der Waals surface area contributed by atoms with Crippen molar-refractivity contribution in [1.82, 2.24) is 19.5 Å². The largest absolute Gasteiger partial charge is 0.495 e. The molecule has 0 bridgehead atoms. The first-order chi connectivity index (χ1) is 16.4. The molecule has 0 unspecified atom stereocenters. The lowest BCUT2D eigenvalue weighted by Gasteiger charge is -2.20. The van der Waals surface area contributed by atoms with Crippen LogP contribution in [0.15, 0.2) is 24.5 Å². The zero-order valence-electron chi connectivity index (χ0n) is 19.4. The fraction of sp³-hybridized carbons (Fsp3) is 0.348. The van der Waals surface area contributed by atoms with Crippen LogP contribution in [0.1, 0.15) is 16.8 Å². The topological polar surface area (TPSA) is 141 Å². The van der Waals surface area contributed by atoms with Crippen LogP contribution in [0.2, 0.25) is 0 Å². The molecule has 0 atom stereocenters. The number of nitrogens with two attached hydrogens (primary N) is 2. The summed E-state index contributed by atoms with van der Waals surface area (Å²) in [6.07, 6.45) is 1.40. The van der Waals surface area contributed by atoms with Crippen molar-refractivity contribution in [3.8, 4) is 16.2 Å². The Hall–Kier alpha value is -3.25. The second kappa shape index (κ2) is 9.94. The molecule has 180 valence electrons. The van der Waals surface area contributed by atoms with Gasteiger partial charge >= 0.3 is 5.97 Å². The summed E-state index contributed by atoms with van der Waals surface area (Å²) in [5, 5.41) is 14.9. The molecule has 4 aromatic rings. The predicted octanol–water partition coefficient (Wildman–Crippen LogP) is 2.50. The number of ether oxygens (including phenoxy) is 2. The molecule has 11 heteroatoms. The number of rotatable bonds is 10. The molecular formula is C23H28N6O4S. The molecule has 1 aromatic carbocycles. The average Bonchev–Trinajstić information content (AvgIpc) is 3.33. The van der Waals surface area contributed by atoms with Crippen LogP contribution in [-0.2, 0) is 22.7 Å². The highest BCUT2D eigenvalue weighted by molar-refractivity contribution is 7.22. The molecule has 0 radical (unpaired) electrons. The number of hydrogen-bond donors (Lipinski definition) is 3. The predicted molar refractivity (Wildman–Crippen MR) is 132 cm³/mol. The lowest BCUT2D eigenvalue weighted by Crippen LogP contribution is -2.34. The van der Waals surface area contributed by atoms with E-state index >= 15 is 0 Å². The zero-order chi connectivity index (χ0) is 24.4. The lowest BCUT2D eigenvalue weighted by molar-refractivity contribution is -0.138. The maximum atomic E-state index is 11.4. The number of aliphatic carboxylic acids is 1. The summed E-state index contributed by atoms with van der Waals surface area (Å²) < 4.78 is 14.0. The van der Waals surface area contributed by atoms with Crippen LogP contribution < -0.4 is 16.2 Å². The van der Waals surface area contributed by atoms with Crippen molar-refractivity contribution < 1.29 is 19.4 Å². The highest BCUT2D eigenvalue weighted by Gasteiger charge is 2.26. The number of hydrogen-bond acceptors (Lipinski definition) is 9. The molecule has 3 heterocycles. The molecule has 0 aliphatic carbocycles. The normalized spacial score (nSPS) is 11.7. The highest BCUT2D eigenvalue weighted by Crippen LogP contribution is 2.44. The number of carbonyl (C=O) groups is 1. The Bertz CT molecular complexity index is 1350. The minimum absolute atomic E-state index is 0.147. The summed E-state index contributed by atoms with van der Waals surface area (Å²) in [4.78, 5) is 18.4. The Balaban J connectivity index is 1.98. The van der Waals surface area contributed by atoms with Gasteiger partial charge in [-0.2, -0.15) is 5.10 Å². The Kier molecular flexibility index (Phi) is 6.98. The monoisotopic (exact) mass is 484 g/mol. The van der Waals surface area contributed by atoms with Crippen molar-refractivity contribution in [2.45, 2.75) is 20.1 Å². The first-order valence-electron chi connectivity index (χ1n) is 10.7. The maximum absolute atomic E-state index is 11.4. The fourth-order valence-electron chi connectivity index (χ4n) is 4.29. The molecule has 10 nitrogen and oxygen atoms in total. The van der Waals surface area contributed by atoms with Gasteiger partial charge in [0.25, 0.3) is 0 Å². The highest BCUT2D eigenvalue weighted by atomic mass is 32.1. The van der Waals surface area contributed by atoms with E-state index in [1.54, 1.807) is 35.0 Å². The van der Waals surface area contributed by atoms with Gasteiger partial charge in [-0.25, -0.2) is 9.50 Å². The van der Waals surface area contributed by atoms with E-state index in [-0.39, 0.29) is 6.54 Å². The van der Waals surface area contributed by atoms with E-state index in [1.807, 2.05) is 13.0 Å². The first kappa shape index (κ1) is 23.9. The zero-order valence-corrected chi connectivity index (χ0v) is 20.2. The molecule has 0 aliphatic rings. The van der Waals surface area contributed by atoms with Crippen LogP contribution in [0.4, 0.5) is 5.82 Å². The van der Waals surface area contributed by atoms with Gasteiger partial charge < -0.3 is 26.0 Å². The SMILES string of the molecule is COCc1c(-c2cc3cc(C)cc(OC)c3s2)c2c(N)ncnn2c1CN(CCN)CC(=O)O. The summed E-state index contributed by atoms with van der Waals surface area (Å²) in [5.74, 6) is 0.213. The summed E-state index contributed by atoms with van der Waals surface area (Å²) in [5.41, 5.74) is 16.4. The Morgan fingerprint density at radius 1 is 1.29 bits per heavy atom. The van der Waals surface area contributed by atoms with E-state index in [2.05, 4.69) is 22.2 Å². The molecular weight excluding hydrogens is 456 g/mol. The van der Waals surface area contributed by atoms with Crippen LogP contribution in [-0.4, -0.2) is 64.4 Å². The van der Waals surface area contributed by atoms with E-state index in [0.29, 0.717) is 37.6 Å². The number of carboxylic acid groups (broad SMARTS) is 1. The van der Waals surface area contributed by atoms with Crippen LogP contribution >= 0.6 is 11.3 Å². The van der Waals surface area contributed by atoms with Gasteiger partial charge in [-0.05, 0) is 30.0 Å². The number of methoxy groups -OCH3 is 2. The van der Waals surface area contributed by atoms with Gasteiger partial charge in [-0.3, -0.25) is 9.69 Å². The van der Waals surface area contributed by atoms with Crippen molar-refractivity contribution in [1.29, 1.82) is 0 Å². The van der Waals surface area contributed by atoms with Crippen molar-refractivity contribution in [2.75, 3.05) is 39.6 Å². The average molecular weight is 485 g/mol. The maximum Gasteiger partial charge on any atom is 0.317 e. The number of aryl methyl sites for hydroxylation is 1. The number of nitrogens with zero attached hydrogens (tertiary/aromatic N) is 4.